The maximum absolute atomic E-state index is 11.7. The molecule has 2 N–H and O–H groups in total. The summed E-state index contributed by atoms with van der Waals surface area (Å²) in [7, 11) is 1.70. The van der Waals surface area contributed by atoms with Gasteiger partial charge in [-0.3, -0.25) is 4.79 Å². The lowest BCUT2D eigenvalue weighted by Gasteiger charge is -2.15. The van der Waals surface area contributed by atoms with Crippen LogP contribution in [0.3, 0.4) is 0 Å². The number of thiocarbonyl (C=S) groups is 1. The molecule has 15 heavy (non-hydrogen) atoms. The van der Waals surface area contributed by atoms with Crippen LogP contribution in [0.1, 0.15) is 5.56 Å². The van der Waals surface area contributed by atoms with E-state index in [0.29, 0.717) is 18.0 Å². The maximum Gasteiger partial charge on any atom is 0.227 e. The van der Waals surface area contributed by atoms with Crippen molar-refractivity contribution < 1.29 is 4.79 Å². The Hall–Kier alpha value is -1.42. The van der Waals surface area contributed by atoms with E-state index in [9.17, 15) is 4.79 Å². The minimum Gasteiger partial charge on any atom is -0.392 e. The van der Waals surface area contributed by atoms with Gasteiger partial charge in [0.25, 0.3) is 0 Å². The molecule has 0 unspecified atom stereocenters. The van der Waals surface area contributed by atoms with Crippen molar-refractivity contribution in [1.82, 2.24) is 4.90 Å². The minimum atomic E-state index is 0.0222. The molecule has 0 radical (unpaired) electrons. The molecule has 0 saturated carbocycles. The van der Waals surface area contributed by atoms with Crippen LogP contribution in [0.5, 0.6) is 0 Å². The van der Waals surface area contributed by atoms with E-state index in [2.05, 4.69) is 0 Å². The molecule has 1 aromatic carbocycles. The van der Waals surface area contributed by atoms with E-state index < -0.39 is 0 Å². The van der Waals surface area contributed by atoms with Gasteiger partial charge >= 0.3 is 0 Å². The number of hydrogen-bond donors (Lipinski definition) is 1. The van der Waals surface area contributed by atoms with Crippen molar-refractivity contribution in [1.29, 1.82) is 0 Å². The molecular weight excluding hydrogens is 208 g/mol. The van der Waals surface area contributed by atoms with E-state index in [1.807, 2.05) is 30.3 Å². The predicted octanol–water partition coefficient (Wildman–Crippen LogP) is 0.974. The third kappa shape index (κ3) is 4.08. The first-order valence-corrected chi connectivity index (χ1v) is 5.06. The number of carbonyl (C=O) groups is 1. The smallest absolute Gasteiger partial charge is 0.227 e. The fraction of sp³-hybridized carbons (Fsp3) is 0.273. The molecule has 0 aliphatic rings. The predicted molar refractivity (Wildman–Crippen MR) is 64.6 cm³/mol. The van der Waals surface area contributed by atoms with Crippen molar-refractivity contribution in [2.75, 3.05) is 13.6 Å². The first kappa shape index (κ1) is 11.7. The number of hydrogen-bond acceptors (Lipinski definition) is 2. The minimum absolute atomic E-state index is 0.0222. The van der Waals surface area contributed by atoms with Gasteiger partial charge in [0.05, 0.1) is 18.0 Å². The largest absolute Gasteiger partial charge is 0.392 e. The van der Waals surface area contributed by atoms with Crippen molar-refractivity contribution in [3.63, 3.8) is 0 Å². The number of nitrogens with two attached hydrogens (primary N) is 1. The SMILES string of the molecule is CN(CC(N)=S)C(=O)Cc1ccccc1. The average Bonchev–Trinajstić information content (AvgIpc) is 2.18. The first-order chi connectivity index (χ1) is 7.09. The zero-order valence-corrected chi connectivity index (χ0v) is 9.46. The van der Waals surface area contributed by atoms with Crippen molar-refractivity contribution in [3.05, 3.63) is 35.9 Å². The summed E-state index contributed by atoms with van der Waals surface area (Å²) >= 11 is 4.74. The summed E-state index contributed by atoms with van der Waals surface area (Å²) in [5.74, 6) is 0.0222. The molecule has 3 nitrogen and oxygen atoms in total. The molecule has 4 heteroatoms. The topological polar surface area (TPSA) is 46.3 Å². The Kier molecular flexibility index (Phi) is 4.24. The van der Waals surface area contributed by atoms with Crippen LogP contribution >= 0.6 is 12.2 Å². The molecule has 1 amide bonds. The van der Waals surface area contributed by atoms with Gasteiger partial charge < -0.3 is 10.6 Å². The second-order valence-electron chi connectivity index (χ2n) is 3.38. The quantitative estimate of drug-likeness (QED) is 0.772. The molecule has 0 aliphatic heterocycles. The molecule has 1 rings (SSSR count). The molecule has 0 heterocycles. The summed E-state index contributed by atoms with van der Waals surface area (Å²) in [6.45, 7) is 0.334. The van der Waals surface area contributed by atoms with E-state index in [0.717, 1.165) is 5.56 Å². The van der Waals surface area contributed by atoms with Crippen LogP contribution in [0.4, 0.5) is 0 Å². The van der Waals surface area contributed by atoms with Gasteiger partial charge in [-0.15, -0.1) is 0 Å². The molecule has 0 atom stereocenters. The highest BCUT2D eigenvalue weighted by Crippen LogP contribution is 2.01. The van der Waals surface area contributed by atoms with Crippen LogP contribution in [0.25, 0.3) is 0 Å². The highest BCUT2D eigenvalue weighted by atomic mass is 32.1. The van der Waals surface area contributed by atoms with Gasteiger partial charge in [-0.05, 0) is 5.56 Å². The monoisotopic (exact) mass is 222 g/mol. The molecule has 1 aromatic rings. The van der Waals surface area contributed by atoms with Gasteiger partial charge in [-0.25, -0.2) is 0 Å². The van der Waals surface area contributed by atoms with Gasteiger partial charge in [-0.1, -0.05) is 42.5 Å². The first-order valence-electron chi connectivity index (χ1n) is 4.66. The molecule has 80 valence electrons. The van der Waals surface area contributed by atoms with Crippen molar-refractivity contribution in [2.24, 2.45) is 5.73 Å². The number of benzene rings is 1. The van der Waals surface area contributed by atoms with E-state index in [-0.39, 0.29) is 5.91 Å². The number of likely N-dealkylation sites (N-methyl/N-ethyl adjacent to an activating group) is 1. The zero-order valence-electron chi connectivity index (χ0n) is 8.64. The summed E-state index contributed by atoms with van der Waals surface area (Å²) in [5.41, 5.74) is 6.36. The second-order valence-corrected chi connectivity index (χ2v) is 3.90. The van der Waals surface area contributed by atoms with Crippen molar-refractivity contribution in [3.8, 4) is 0 Å². The summed E-state index contributed by atoms with van der Waals surface area (Å²) in [6, 6.07) is 9.60. The van der Waals surface area contributed by atoms with Crippen LogP contribution in [0.15, 0.2) is 30.3 Å². The summed E-state index contributed by atoms with van der Waals surface area (Å²) in [6.07, 6.45) is 0.389. The van der Waals surface area contributed by atoms with E-state index >= 15 is 0 Å². The van der Waals surface area contributed by atoms with E-state index in [4.69, 9.17) is 18.0 Å². The third-order valence-electron chi connectivity index (χ3n) is 2.02. The number of carbonyl (C=O) groups excluding carboxylic acids is 1. The summed E-state index contributed by atoms with van der Waals surface area (Å²) in [5, 5.41) is 0. The Morgan fingerprint density at radius 3 is 2.53 bits per heavy atom. The van der Waals surface area contributed by atoms with Gasteiger partial charge in [0.15, 0.2) is 0 Å². The zero-order chi connectivity index (χ0) is 11.3. The summed E-state index contributed by atoms with van der Waals surface area (Å²) in [4.78, 5) is 13.5. The highest BCUT2D eigenvalue weighted by Gasteiger charge is 2.09. The normalized spacial score (nSPS) is 9.67. The molecule has 0 bridgehead atoms. The maximum atomic E-state index is 11.7. The van der Waals surface area contributed by atoms with Crippen molar-refractivity contribution >= 4 is 23.1 Å². The van der Waals surface area contributed by atoms with Gasteiger partial charge in [0.1, 0.15) is 0 Å². The Labute approximate surface area is 94.9 Å². The lowest BCUT2D eigenvalue weighted by molar-refractivity contribution is -0.128. The second kappa shape index (κ2) is 5.46. The molecule has 0 aromatic heterocycles. The third-order valence-corrected chi connectivity index (χ3v) is 2.15. The van der Waals surface area contributed by atoms with E-state index in [1.54, 1.807) is 7.05 Å². The average molecular weight is 222 g/mol. The fourth-order valence-electron chi connectivity index (χ4n) is 1.23. The van der Waals surface area contributed by atoms with Gasteiger partial charge in [0.2, 0.25) is 5.91 Å². The van der Waals surface area contributed by atoms with Crippen LogP contribution in [-0.4, -0.2) is 29.4 Å². The molecule has 0 spiro atoms. The fourth-order valence-corrected chi connectivity index (χ4v) is 1.42. The Morgan fingerprint density at radius 1 is 1.40 bits per heavy atom. The van der Waals surface area contributed by atoms with Crippen LogP contribution in [0, 0.1) is 0 Å². The standard InChI is InChI=1S/C11H14N2OS/c1-13(8-10(12)15)11(14)7-9-5-3-2-4-6-9/h2-6H,7-8H2,1H3,(H2,12,15). The Balaban J connectivity index is 2.52. The van der Waals surface area contributed by atoms with Crippen LogP contribution in [-0.2, 0) is 11.2 Å². The van der Waals surface area contributed by atoms with Gasteiger partial charge in [-0.2, -0.15) is 0 Å². The lowest BCUT2D eigenvalue weighted by Crippen LogP contribution is -2.35. The molecule has 0 aliphatic carbocycles. The van der Waals surface area contributed by atoms with Crippen LogP contribution in [0.2, 0.25) is 0 Å². The summed E-state index contributed by atoms with van der Waals surface area (Å²) < 4.78 is 0. The number of nitrogens with zero attached hydrogens (tertiary/aromatic N) is 1. The van der Waals surface area contributed by atoms with Crippen LogP contribution < -0.4 is 5.73 Å². The van der Waals surface area contributed by atoms with Gasteiger partial charge in [0, 0.05) is 7.05 Å². The number of amides is 1. The number of rotatable bonds is 4. The lowest BCUT2D eigenvalue weighted by atomic mass is 10.1. The van der Waals surface area contributed by atoms with Crippen molar-refractivity contribution in [2.45, 2.75) is 6.42 Å². The molecule has 0 saturated heterocycles. The highest BCUT2D eigenvalue weighted by molar-refractivity contribution is 7.80. The Morgan fingerprint density at radius 2 is 2.00 bits per heavy atom. The molecule has 0 fully saturated rings. The Bertz CT molecular complexity index is 351. The molecular formula is C11H14N2OS. The van der Waals surface area contributed by atoms with E-state index in [1.165, 1.54) is 4.90 Å².